The fourth-order valence-corrected chi connectivity index (χ4v) is 1.67. The molecule has 16 heavy (non-hydrogen) atoms. The van der Waals surface area contributed by atoms with Gasteiger partial charge < -0.3 is 4.74 Å². The third kappa shape index (κ3) is 5.26. The van der Waals surface area contributed by atoms with Gasteiger partial charge in [-0.05, 0) is 42.4 Å². The highest BCUT2D eigenvalue weighted by Crippen LogP contribution is 2.19. The average Bonchev–Trinajstić information content (AvgIpc) is 2.29. The molecule has 1 aromatic rings. The summed E-state index contributed by atoms with van der Waals surface area (Å²) in [6, 6.07) is 4.19. The second kappa shape index (κ2) is 7.39. The summed E-state index contributed by atoms with van der Waals surface area (Å²) in [7, 11) is 0. The normalized spacial score (nSPS) is 13.0. The number of hydrogen-bond acceptors (Lipinski definition) is 2. The first kappa shape index (κ1) is 13.2. The Bertz CT molecular complexity index is 271. The Hall–Kier alpha value is -0.890. The van der Waals surface area contributed by atoms with Crippen LogP contribution in [0.3, 0.4) is 0 Å². The lowest BCUT2D eigenvalue weighted by Crippen LogP contribution is -2.04. The predicted molar refractivity (Wildman–Crippen MR) is 67.5 cm³/mol. The molecular formula is C14H23NO. The van der Waals surface area contributed by atoms with Gasteiger partial charge in [-0.1, -0.05) is 20.8 Å². The van der Waals surface area contributed by atoms with E-state index in [1.807, 2.05) is 12.4 Å². The van der Waals surface area contributed by atoms with Crippen molar-refractivity contribution in [3.05, 3.63) is 30.1 Å². The molecule has 1 rings (SSSR count). The fraction of sp³-hybridized carbons (Fsp3) is 0.643. The molecule has 0 amide bonds. The first-order chi connectivity index (χ1) is 7.70. The monoisotopic (exact) mass is 221 g/mol. The first-order valence-electron chi connectivity index (χ1n) is 6.17. The van der Waals surface area contributed by atoms with E-state index in [0.29, 0.717) is 11.8 Å². The topological polar surface area (TPSA) is 22.1 Å². The molecule has 1 aromatic heterocycles. The van der Waals surface area contributed by atoms with Crippen LogP contribution in [-0.4, -0.2) is 18.2 Å². The van der Waals surface area contributed by atoms with Gasteiger partial charge in [-0.25, -0.2) is 0 Å². The minimum Gasteiger partial charge on any atom is -0.381 e. The quantitative estimate of drug-likeness (QED) is 0.656. The average molecular weight is 221 g/mol. The van der Waals surface area contributed by atoms with Crippen LogP contribution in [0, 0.1) is 5.92 Å². The summed E-state index contributed by atoms with van der Waals surface area (Å²) < 4.78 is 5.57. The zero-order chi connectivity index (χ0) is 11.8. The van der Waals surface area contributed by atoms with Gasteiger partial charge in [0.2, 0.25) is 0 Å². The summed E-state index contributed by atoms with van der Waals surface area (Å²) in [5.74, 6) is 1.24. The molecule has 0 aliphatic rings. The van der Waals surface area contributed by atoms with E-state index < -0.39 is 0 Å². The van der Waals surface area contributed by atoms with Gasteiger partial charge in [-0.2, -0.15) is 0 Å². The third-order valence-electron chi connectivity index (χ3n) is 2.65. The molecule has 0 bridgehead atoms. The van der Waals surface area contributed by atoms with E-state index in [1.54, 1.807) is 0 Å². The molecule has 0 spiro atoms. The lowest BCUT2D eigenvalue weighted by Gasteiger charge is -2.12. The van der Waals surface area contributed by atoms with Crippen LogP contribution in [0.1, 0.15) is 45.1 Å². The first-order valence-corrected chi connectivity index (χ1v) is 6.17. The number of pyridine rings is 1. The number of nitrogens with zero attached hydrogens (tertiary/aromatic N) is 1. The maximum Gasteiger partial charge on any atom is 0.0488 e. The Balaban J connectivity index is 2.14. The highest BCUT2D eigenvalue weighted by Gasteiger charge is 2.04. The molecule has 0 fully saturated rings. The van der Waals surface area contributed by atoms with Gasteiger partial charge >= 0.3 is 0 Å². The van der Waals surface area contributed by atoms with E-state index in [4.69, 9.17) is 4.74 Å². The van der Waals surface area contributed by atoms with E-state index in [-0.39, 0.29) is 0 Å². The van der Waals surface area contributed by atoms with E-state index in [9.17, 15) is 0 Å². The minimum absolute atomic E-state index is 0.602. The van der Waals surface area contributed by atoms with Crippen LogP contribution in [0.5, 0.6) is 0 Å². The minimum atomic E-state index is 0.602. The van der Waals surface area contributed by atoms with Gasteiger partial charge in [0.15, 0.2) is 0 Å². The second-order valence-corrected chi connectivity index (χ2v) is 4.79. The fourth-order valence-electron chi connectivity index (χ4n) is 1.67. The van der Waals surface area contributed by atoms with Gasteiger partial charge in [0.25, 0.3) is 0 Å². The van der Waals surface area contributed by atoms with Crippen molar-refractivity contribution in [1.29, 1.82) is 0 Å². The zero-order valence-corrected chi connectivity index (χ0v) is 10.6. The highest BCUT2D eigenvalue weighted by atomic mass is 16.5. The van der Waals surface area contributed by atoms with Crippen LogP contribution < -0.4 is 0 Å². The Labute approximate surface area is 99.0 Å². The van der Waals surface area contributed by atoms with Crippen molar-refractivity contribution in [3.8, 4) is 0 Å². The smallest absolute Gasteiger partial charge is 0.0488 e. The molecular weight excluding hydrogens is 198 g/mol. The largest absolute Gasteiger partial charge is 0.381 e. The Morgan fingerprint density at radius 3 is 2.50 bits per heavy atom. The molecule has 0 N–H and O–H groups in total. The number of rotatable bonds is 7. The van der Waals surface area contributed by atoms with E-state index in [2.05, 4.69) is 37.9 Å². The highest BCUT2D eigenvalue weighted by molar-refractivity contribution is 5.14. The third-order valence-corrected chi connectivity index (χ3v) is 2.65. The van der Waals surface area contributed by atoms with Crippen LogP contribution in [0.25, 0.3) is 0 Å². The van der Waals surface area contributed by atoms with Gasteiger partial charge in [0.05, 0.1) is 0 Å². The summed E-state index contributed by atoms with van der Waals surface area (Å²) in [6.45, 7) is 8.38. The van der Waals surface area contributed by atoms with Crippen LogP contribution in [0.2, 0.25) is 0 Å². The van der Waals surface area contributed by atoms with Gasteiger partial charge in [-0.3, -0.25) is 4.98 Å². The lowest BCUT2D eigenvalue weighted by atomic mass is 9.98. The molecule has 1 atom stereocenters. The van der Waals surface area contributed by atoms with Crippen molar-refractivity contribution in [1.82, 2.24) is 4.98 Å². The summed E-state index contributed by atoms with van der Waals surface area (Å²) in [5.41, 5.74) is 1.37. The number of hydrogen-bond donors (Lipinski definition) is 0. The summed E-state index contributed by atoms with van der Waals surface area (Å²) in [5, 5.41) is 0. The molecule has 0 aromatic carbocycles. The molecule has 0 saturated carbocycles. The number of aromatic nitrogens is 1. The molecule has 1 unspecified atom stereocenters. The maximum absolute atomic E-state index is 5.57. The standard InChI is InChI=1S/C14H23NO/c1-12(2)11-16-10-4-5-13(3)14-6-8-15-9-7-14/h6-9,12-13H,4-5,10-11H2,1-3H3. The molecule has 2 heteroatoms. The second-order valence-electron chi connectivity index (χ2n) is 4.79. The van der Waals surface area contributed by atoms with Crippen molar-refractivity contribution in [3.63, 3.8) is 0 Å². The molecule has 2 nitrogen and oxygen atoms in total. The predicted octanol–water partition coefficient (Wildman–Crippen LogP) is 3.64. The van der Waals surface area contributed by atoms with Crippen molar-refractivity contribution < 1.29 is 4.74 Å². The molecule has 0 saturated heterocycles. The molecule has 90 valence electrons. The van der Waals surface area contributed by atoms with Crippen molar-refractivity contribution in [2.45, 2.75) is 39.5 Å². The molecule has 0 aliphatic carbocycles. The van der Waals surface area contributed by atoms with Gasteiger partial charge in [0.1, 0.15) is 0 Å². The van der Waals surface area contributed by atoms with Crippen molar-refractivity contribution in [2.75, 3.05) is 13.2 Å². The Morgan fingerprint density at radius 2 is 1.88 bits per heavy atom. The number of ether oxygens (including phenoxy) is 1. The Morgan fingerprint density at radius 1 is 1.19 bits per heavy atom. The van der Waals surface area contributed by atoms with Crippen LogP contribution in [0.15, 0.2) is 24.5 Å². The summed E-state index contributed by atoms with van der Waals surface area (Å²) >= 11 is 0. The molecule has 1 heterocycles. The molecule has 0 aliphatic heterocycles. The van der Waals surface area contributed by atoms with E-state index in [1.165, 1.54) is 12.0 Å². The van der Waals surface area contributed by atoms with E-state index in [0.717, 1.165) is 19.6 Å². The summed E-state index contributed by atoms with van der Waals surface area (Å²) in [4.78, 5) is 4.03. The van der Waals surface area contributed by atoms with Crippen LogP contribution in [0.4, 0.5) is 0 Å². The SMILES string of the molecule is CC(C)COCCCC(C)c1ccncc1. The van der Waals surface area contributed by atoms with E-state index >= 15 is 0 Å². The molecule has 0 radical (unpaired) electrons. The zero-order valence-electron chi connectivity index (χ0n) is 10.6. The van der Waals surface area contributed by atoms with Crippen LogP contribution in [-0.2, 0) is 4.74 Å². The van der Waals surface area contributed by atoms with Crippen LogP contribution >= 0.6 is 0 Å². The van der Waals surface area contributed by atoms with Gasteiger partial charge in [0, 0.05) is 25.6 Å². The maximum atomic E-state index is 5.57. The summed E-state index contributed by atoms with van der Waals surface area (Å²) in [6.07, 6.45) is 6.04. The van der Waals surface area contributed by atoms with Gasteiger partial charge in [-0.15, -0.1) is 0 Å². The Kier molecular flexibility index (Phi) is 6.09. The van der Waals surface area contributed by atoms with Crippen molar-refractivity contribution in [2.24, 2.45) is 5.92 Å². The lowest BCUT2D eigenvalue weighted by molar-refractivity contribution is 0.106. The van der Waals surface area contributed by atoms with Crippen molar-refractivity contribution >= 4 is 0 Å².